The number of hydrogen-bond acceptors (Lipinski definition) is 1. The van der Waals surface area contributed by atoms with Crippen molar-refractivity contribution in [2.75, 3.05) is 7.05 Å². The molecule has 3 rings (SSSR count). The van der Waals surface area contributed by atoms with E-state index in [1.54, 1.807) is 11.1 Å². The molecule has 20 heavy (non-hydrogen) atoms. The second-order valence-corrected chi connectivity index (χ2v) is 7.34. The fourth-order valence-electron chi connectivity index (χ4n) is 5.03. The molecule has 0 saturated heterocycles. The van der Waals surface area contributed by atoms with Gasteiger partial charge in [0.25, 0.3) is 0 Å². The van der Waals surface area contributed by atoms with E-state index in [4.69, 9.17) is 0 Å². The van der Waals surface area contributed by atoms with Gasteiger partial charge in [0.15, 0.2) is 0 Å². The van der Waals surface area contributed by atoms with Gasteiger partial charge in [0.1, 0.15) is 0 Å². The average Bonchev–Trinajstić information content (AvgIpc) is 2.83. The van der Waals surface area contributed by atoms with Gasteiger partial charge in [0, 0.05) is 12.0 Å². The predicted octanol–water partition coefficient (Wildman–Crippen LogP) is 4.38. The summed E-state index contributed by atoms with van der Waals surface area (Å²) in [5.74, 6) is 3.39. The topological polar surface area (TPSA) is 12.0 Å². The first kappa shape index (κ1) is 14.1. The molecule has 0 amide bonds. The number of hydrogen-bond donors (Lipinski definition) is 1. The molecule has 0 aromatic heterocycles. The summed E-state index contributed by atoms with van der Waals surface area (Å²) in [6.45, 7) is 4.88. The van der Waals surface area contributed by atoms with Crippen LogP contribution in [-0.2, 0) is 6.42 Å². The van der Waals surface area contributed by atoms with Crippen LogP contribution in [0.25, 0.3) is 0 Å². The van der Waals surface area contributed by atoms with E-state index in [0.717, 1.165) is 23.7 Å². The molecular weight excluding hydrogens is 242 g/mol. The molecule has 0 radical (unpaired) electrons. The lowest BCUT2D eigenvalue weighted by molar-refractivity contribution is 0.165. The summed E-state index contributed by atoms with van der Waals surface area (Å²) in [5.41, 5.74) is 3.22. The first-order valence-corrected chi connectivity index (χ1v) is 8.44. The van der Waals surface area contributed by atoms with Crippen molar-refractivity contribution in [2.45, 2.75) is 57.9 Å². The van der Waals surface area contributed by atoms with E-state index in [1.807, 2.05) is 0 Å². The molecule has 0 heterocycles. The lowest BCUT2D eigenvalue weighted by atomic mass is 9.70. The summed E-state index contributed by atoms with van der Waals surface area (Å²) in [6.07, 6.45) is 6.86. The molecular formula is C19H29N. The summed E-state index contributed by atoms with van der Waals surface area (Å²) in [7, 11) is 2.18. The maximum atomic E-state index is 3.70. The van der Waals surface area contributed by atoms with Crippen LogP contribution in [0.3, 0.4) is 0 Å². The Balaban J connectivity index is 1.80. The van der Waals surface area contributed by atoms with Crippen molar-refractivity contribution in [3.8, 4) is 0 Å². The summed E-state index contributed by atoms with van der Waals surface area (Å²) in [4.78, 5) is 0. The minimum absolute atomic E-state index is 0.670. The lowest BCUT2D eigenvalue weighted by Crippen LogP contribution is -2.41. The molecule has 4 atom stereocenters. The fourth-order valence-corrected chi connectivity index (χ4v) is 5.03. The van der Waals surface area contributed by atoms with E-state index in [9.17, 15) is 0 Å². The Labute approximate surface area is 124 Å². The van der Waals surface area contributed by atoms with E-state index in [-0.39, 0.29) is 0 Å². The van der Waals surface area contributed by atoms with Crippen molar-refractivity contribution in [3.05, 3.63) is 35.4 Å². The Morgan fingerprint density at radius 3 is 2.45 bits per heavy atom. The number of fused-ring (bicyclic) bond motifs is 1. The fraction of sp³-hybridized carbons (Fsp3) is 0.684. The van der Waals surface area contributed by atoms with Crippen LogP contribution in [-0.4, -0.2) is 13.1 Å². The summed E-state index contributed by atoms with van der Waals surface area (Å²) in [5, 5.41) is 3.70. The Kier molecular flexibility index (Phi) is 4.16. The minimum Gasteiger partial charge on any atom is -0.316 e. The third-order valence-corrected chi connectivity index (χ3v) is 5.67. The standard InChI is InChI=1S/C19H29N/c1-13-10-14(2)12-16(11-13)19(20-3)18-9-8-15-6-4-5-7-17(15)18/h4-7,13-14,16,18-20H,8-12H2,1-3H3. The molecule has 1 nitrogen and oxygen atoms in total. The molecule has 1 fully saturated rings. The van der Waals surface area contributed by atoms with E-state index < -0.39 is 0 Å². The molecule has 1 heteroatoms. The van der Waals surface area contributed by atoms with Crippen LogP contribution in [0.5, 0.6) is 0 Å². The summed E-state index contributed by atoms with van der Waals surface area (Å²) >= 11 is 0. The number of likely N-dealkylation sites (N-methyl/N-ethyl adjacent to an activating group) is 1. The van der Waals surface area contributed by atoms with Gasteiger partial charge < -0.3 is 5.32 Å². The first-order valence-electron chi connectivity index (χ1n) is 8.44. The van der Waals surface area contributed by atoms with Gasteiger partial charge in [-0.2, -0.15) is 0 Å². The highest BCUT2D eigenvalue weighted by Crippen LogP contribution is 2.43. The second kappa shape index (κ2) is 5.89. The highest BCUT2D eigenvalue weighted by molar-refractivity contribution is 5.36. The van der Waals surface area contributed by atoms with E-state index in [1.165, 1.54) is 32.1 Å². The van der Waals surface area contributed by atoms with Crippen LogP contribution in [0.2, 0.25) is 0 Å². The zero-order chi connectivity index (χ0) is 14.1. The minimum atomic E-state index is 0.670. The number of aryl methyl sites for hydroxylation is 1. The van der Waals surface area contributed by atoms with Crippen LogP contribution in [0.4, 0.5) is 0 Å². The molecule has 110 valence electrons. The van der Waals surface area contributed by atoms with Gasteiger partial charge in [-0.15, -0.1) is 0 Å². The van der Waals surface area contributed by atoms with Crippen molar-refractivity contribution >= 4 is 0 Å². The van der Waals surface area contributed by atoms with Crippen LogP contribution in [0.15, 0.2) is 24.3 Å². The SMILES string of the molecule is CNC(C1CC(C)CC(C)C1)C1CCc2ccccc21. The highest BCUT2D eigenvalue weighted by atomic mass is 14.9. The Bertz CT molecular complexity index is 443. The van der Waals surface area contributed by atoms with Crippen LogP contribution in [0.1, 0.15) is 56.6 Å². The molecule has 4 unspecified atom stereocenters. The molecule has 1 aromatic carbocycles. The molecule has 1 aromatic rings. The third-order valence-electron chi connectivity index (χ3n) is 5.67. The highest BCUT2D eigenvalue weighted by Gasteiger charge is 2.36. The van der Waals surface area contributed by atoms with Gasteiger partial charge >= 0.3 is 0 Å². The largest absolute Gasteiger partial charge is 0.316 e. The zero-order valence-electron chi connectivity index (χ0n) is 13.2. The van der Waals surface area contributed by atoms with E-state index in [2.05, 4.69) is 50.5 Å². The van der Waals surface area contributed by atoms with Gasteiger partial charge in [-0.3, -0.25) is 0 Å². The molecule has 2 aliphatic rings. The monoisotopic (exact) mass is 271 g/mol. The Morgan fingerprint density at radius 2 is 1.75 bits per heavy atom. The molecule has 0 spiro atoms. The van der Waals surface area contributed by atoms with Crippen molar-refractivity contribution in [2.24, 2.45) is 17.8 Å². The number of benzene rings is 1. The van der Waals surface area contributed by atoms with Gasteiger partial charge in [-0.1, -0.05) is 38.1 Å². The molecule has 1 N–H and O–H groups in total. The number of rotatable bonds is 3. The first-order chi connectivity index (χ1) is 9.69. The van der Waals surface area contributed by atoms with Gasteiger partial charge in [0.2, 0.25) is 0 Å². The molecule has 0 aliphatic heterocycles. The predicted molar refractivity (Wildman–Crippen MR) is 86.0 cm³/mol. The van der Waals surface area contributed by atoms with Gasteiger partial charge in [0.05, 0.1) is 0 Å². The van der Waals surface area contributed by atoms with Gasteiger partial charge in [-0.05, 0) is 68.0 Å². The summed E-state index contributed by atoms with van der Waals surface area (Å²) in [6, 6.07) is 9.78. The maximum absolute atomic E-state index is 3.70. The average molecular weight is 271 g/mol. The van der Waals surface area contributed by atoms with Crippen LogP contribution in [0, 0.1) is 17.8 Å². The molecule has 0 bridgehead atoms. The Hall–Kier alpha value is -0.820. The van der Waals surface area contributed by atoms with Crippen LogP contribution < -0.4 is 5.32 Å². The lowest BCUT2D eigenvalue weighted by Gasteiger charge is -2.39. The van der Waals surface area contributed by atoms with E-state index >= 15 is 0 Å². The number of nitrogens with one attached hydrogen (secondary N) is 1. The third kappa shape index (κ3) is 2.65. The van der Waals surface area contributed by atoms with Crippen molar-refractivity contribution in [1.82, 2.24) is 5.32 Å². The normalized spacial score (nSPS) is 34.8. The second-order valence-electron chi connectivity index (χ2n) is 7.34. The van der Waals surface area contributed by atoms with Gasteiger partial charge in [-0.25, -0.2) is 0 Å². The summed E-state index contributed by atoms with van der Waals surface area (Å²) < 4.78 is 0. The van der Waals surface area contributed by atoms with Crippen molar-refractivity contribution < 1.29 is 0 Å². The smallest absolute Gasteiger partial charge is 0.0161 e. The van der Waals surface area contributed by atoms with E-state index in [0.29, 0.717) is 6.04 Å². The maximum Gasteiger partial charge on any atom is 0.0161 e. The van der Waals surface area contributed by atoms with Crippen molar-refractivity contribution in [1.29, 1.82) is 0 Å². The molecule has 1 saturated carbocycles. The van der Waals surface area contributed by atoms with Crippen LogP contribution >= 0.6 is 0 Å². The Morgan fingerprint density at radius 1 is 1.05 bits per heavy atom. The quantitative estimate of drug-likeness (QED) is 0.860. The molecule has 2 aliphatic carbocycles. The van der Waals surface area contributed by atoms with Crippen molar-refractivity contribution in [3.63, 3.8) is 0 Å². The zero-order valence-corrected chi connectivity index (χ0v) is 13.2.